The largest absolute Gasteiger partial charge is 1.00 e. The van der Waals surface area contributed by atoms with Crippen molar-refractivity contribution in [3.63, 3.8) is 0 Å². The van der Waals surface area contributed by atoms with Gasteiger partial charge in [-0.2, -0.15) is 0 Å². The summed E-state index contributed by atoms with van der Waals surface area (Å²) in [4.78, 5) is 3.98. The minimum Gasteiger partial charge on any atom is -1.00 e. The first kappa shape index (κ1) is 14.2. The van der Waals surface area contributed by atoms with Gasteiger partial charge in [-0.1, -0.05) is 5.92 Å². The van der Waals surface area contributed by atoms with Crippen LogP contribution in [0.1, 0.15) is 11.1 Å². The summed E-state index contributed by atoms with van der Waals surface area (Å²) in [6.07, 6.45) is 7.36. The van der Waals surface area contributed by atoms with Crippen LogP contribution in [0.15, 0.2) is 49.1 Å². The zero-order chi connectivity index (χ0) is 11.9. The Kier molecular flexibility index (Phi) is 5.90. The molecule has 2 aromatic heterocycles. The number of aryl methyl sites for hydroxylation is 1. The summed E-state index contributed by atoms with van der Waals surface area (Å²) in [5.74, 6) is 11.6. The highest BCUT2D eigenvalue weighted by atomic mass is 127. The van der Waals surface area contributed by atoms with Crippen LogP contribution >= 0.6 is 0 Å². The van der Waals surface area contributed by atoms with E-state index in [4.69, 9.17) is 0 Å². The average Bonchev–Trinajstić information content (AvgIpc) is 2.36. The maximum atomic E-state index is 3.98. The van der Waals surface area contributed by atoms with Crippen LogP contribution in [0.25, 0.3) is 0 Å². The molecule has 0 amide bonds. The lowest BCUT2D eigenvalue weighted by atomic mass is 10.3. The Morgan fingerprint density at radius 1 is 1.06 bits per heavy atom. The molecule has 0 fully saturated rings. The van der Waals surface area contributed by atoms with Gasteiger partial charge in [-0.3, -0.25) is 4.98 Å². The molecule has 0 bridgehead atoms. The molecule has 0 unspecified atom stereocenters. The Labute approximate surface area is 124 Å². The standard InChI is InChI=1S/C15H11N2.HI/c1-17-11-5-9-15(13-17)7-3-2-6-14-8-4-10-16-12-14;/h4-5,8-13H,1H3;1H/q+1;/p-1. The van der Waals surface area contributed by atoms with Gasteiger partial charge < -0.3 is 24.0 Å². The number of nitrogens with zero attached hydrogens (tertiary/aromatic N) is 2. The zero-order valence-corrected chi connectivity index (χ0v) is 12.0. The smallest absolute Gasteiger partial charge is 0.184 e. The van der Waals surface area contributed by atoms with E-state index in [0.29, 0.717) is 0 Å². The third-order valence-electron chi connectivity index (χ3n) is 2.08. The van der Waals surface area contributed by atoms with Crippen LogP contribution < -0.4 is 28.5 Å². The molecule has 88 valence electrons. The Morgan fingerprint density at radius 2 is 1.78 bits per heavy atom. The second-order valence-corrected chi connectivity index (χ2v) is 3.50. The molecule has 0 radical (unpaired) electrons. The lowest BCUT2D eigenvalue weighted by Crippen LogP contribution is -3.00. The van der Waals surface area contributed by atoms with E-state index < -0.39 is 0 Å². The molecule has 2 rings (SSSR count). The first-order chi connectivity index (χ1) is 8.34. The van der Waals surface area contributed by atoms with E-state index in [-0.39, 0.29) is 24.0 Å². The van der Waals surface area contributed by atoms with Crippen LogP contribution in [0, 0.1) is 23.7 Å². The molecule has 3 heteroatoms. The molecule has 0 saturated heterocycles. The SMILES string of the molecule is C[n+]1cccc(C#CC#Cc2cccnc2)c1.[I-]. The Balaban J connectivity index is 0.00000162. The number of aromatic nitrogens is 2. The summed E-state index contributed by atoms with van der Waals surface area (Å²) in [6.45, 7) is 0. The van der Waals surface area contributed by atoms with Crippen molar-refractivity contribution in [1.82, 2.24) is 4.98 Å². The second kappa shape index (κ2) is 7.47. The van der Waals surface area contributed by atoms with Crippen LogP contribution in [-0.2, 0) is 7.05 Å². The maximum Gasteiger partial charge on any atom is 0.184 e. The third kappa shape index (κ3) is 4.57. The molecular weight excluding hydrogens is 335 g/mol. The van der Waals surface area contributed by atoms with E-state index in [1.807, 2.05) is 48.3 Å². The van der Waals surface area contributed by atoms with Crippen molar-refractivity contribution in [2.75, 3.05) is 0 Å². The molecule has 0 aliphatic rings. The van der Waals surface area contributed by atoms with Crippen LogP contribution in [0.3, 0.4) is 0 Å². The van der Waals surface area contributed by atoms with Gasteiger partial charge in [0.25, 0.3) is 0 Å². The highest BCUT2D eigenvalue weighted by molar-refractivity contribution is 5.42. The van der Waals surface area contributed by atoms with Gasteiger partial charge in [0.05, 0.1) is 5.56 Å². The van der Waals surface area contributed by atoms with Gasteiger partial charge in [0.2, 0.25) is 0 Å². The van der Waals surface area contributed by atoms with Crippen LogP contribution in [0.4, 0.5) is 0 Å². The highest BCUT2D eigenvalue weighted by Gasteiger charge is 1.91. The van der Waals surface area contributed by atoms with E-state index in [2.05, 4.69) is 28.7 Å². The molecule has 0 saturated carbocycles. The average molecular weight is 346 g/mol. The Morgan fingerprint density at radius 3 is 2.44 bits per heavy atom. The second-order valence-electron chi connectivity index (χ2n) is 3.50. The summed E-state index contributed by atoms with van der Waals surface area (Å²) >= 11 is 0. The molecule has 0 N–H and O–H groups in total. The van der Waals surface area contributed by atoms with Crippen molar-refractivity contribution in [1.29, 1.82) is 0 Å². The molecule has 0 aliphatic heterocycles. The van der Waals surface area contributed by atoms with Crippen molar-refractivity contribution < 1.29 is 28.5 Å². The highest BCUT2D eigenvalue weighted by Crippen LogP contribution is 1.91. The summed E-state index contributed by atoms with van der Waals surface area (Å²) < 4.78 is 1.96. The van der Waals surface area contributed by atoms with Gasteiger partial charge in [0.1, 0.15) is 7.05 Å². The number of hydrogen-bond acceptors (Lipinski definition) is 1. The summed E-state index contributed by atoms with van der Waals surface area (Å²) in [7, 11) is 1.96. The zero-order valence-electron chi connectivity index (χ0n) is 9.89. The number of halogens is 1. The molecule has 2 nitrogen and oxygen atoms in total. The topological polar surface area (TPSA) is 16.8 Å². The Hall–Kier alpha value is -1.85. The van der Waals surface area contributed by atoms with E-state index in [1.54, 1.807) is 12.4 Å². The lowest BCUT2D eigenvalue weighted by molar-refractivity contribution is -0.671. The normalized spacial score (nSPS) is 8.06. The van der Waals surface area contributed by atoms with Gasteiger partial charge in [-0.15, -0.1) is 0 Å². The van der Waals surface area contributed by atoms with Crippen LogP contribution in [-0.4, -0.2) is 4.98 Å². The number of pyridine rings is 2. The maximum absolute atomic E-state index is 3.98. The van der Waals surface area contributed by atoms with Crippen molar-refractivity contribution in [3.8, 4) is 23.7 Å². The monoisotopic (exact) mass is 346 g/mol. The number of rotatable bonds is 0. The fraction of sp³-hybridized carbons (Fsp3) is 0.0667. The van der Waals surface area contributed by atoms with Crippen LogP contribution in [0.5, 0.6) is 0 Å². The number of hydrogen-bond donors (Lipinski definition) is 0. The molecule has 18 heavy (non-hydrogen) atoms. The fourth-order valence-corrected chi connectivity index (χ4v) is 1.31. The van der Waals surface area contributed by atoms with Crippen molar-refractivity contribution in [3.05, 3.63) is 60.2 Å². The fourth-order valence-electron chi connectivity index (χ4n) is 1.31. The Bertz CT molecular complexity index is 628. The minimum atomic E-state index is 0. The van der Waals surface area contributed by atoms with Crippen molar-refractivity contribution in [2.45, 2.75) is 0 Å². The first-order valence-electron chi connectivity index (χ1n) is 5.22. The predicted octanol–water partition coefficient (Wildman–Crippen LogP) is -1.69. The summed E-state index contributed by atoms with van der Waals surface area (Å²) in [5.41, 5.74) is 1.83. The van der Waals surface area contributed by atoms with E-state index >= 15 is 0 Å². The van der Waals surface area contributed by atoms with Gasteiger partial charge >= 0.3 is 0 Å². The summed E-state index contributed by atoms with van der Waals surface area (Å²) in [5, 5.41) is 0. The molecule has 0 aromatic carbocycles. The van der Waals surface area contributed by atoms with Crippen LogP contribution in [0.2, 0.25) is 0 Å². The molecule has 0 spiro atoms. The quantitative estimate of drug-likeness (QED) is 0.316. The third-order valence-corrected chi connectivity index (χ3v) is 2.08. The lowest BCUT2D eigenvalue weighted by Gasteiger charge is -1.86. The predicted molar refractivity (Wildman–Crippen MR) is 65.6 cm³/mol. The molecule has 2 heterocycles. The van der Waals surface area contributed by atoms with E-state index in [9.17, 15) is 0 Å². The van der Waals surface area contributed by atoms with Gasteiger partial charge in [-0.25, -0.2) is 4.57 Å². The van der Waals surface area contributed by atoms with Gasteiger partial charge in [0.15, 0.2) is 12.4 Å². The van der Waals surface area contributed by atoms with Gasteiger partial charge in [-0.05, 0) is 36.0 Å². The van der Waals surface area contributed by atoms with Gasteiger partial charge in [0, 0.05) is 24.0 Å². The molecule has 0 aliphatic carbocycles. The summed E-state index contributed by atoms with van der Waals surface area (Å²) in [6, 6.07) is 7.68. The molecule has 2 aromatic rings. The minimum absolute atomic E-state index is 0. The van der Waals surface area contributed by atoms with Crippen molar-refractivity contribution >= 4 is 0 Å². The van der Waals surface area contributed by atoms with E-state index in [1.165, 1.54) is 0 Å². The molecule has 0 atom stereocenters. The first-order valence-corrected chi connectivity index (χ1v) is 5.22. The van der Waals surface area contributed by atoms with E-state index in [0.717, 1.165) is 11.1 Å². The van der Waals surface area contributed by atoms with Crippen molar-refractivity contribution in [2.24, 2.45) is 7.05 Å². The molecular formula is C15H11IN2.